The maximum Gasteiger partial charge on any atom is 0.281 e. The number of aromatic nitrogens is 4. The van der Waals surface area contributed by atoms with Crippen LogP contribution in [0.15, 0.2) is 60.9 Å². The van der Waals surface area contributed by atoms with E-state index in [9.17, 15) is 4.79 Å². The lowest BCUT2D eigenvalue weighted by Crippen LogP contribution is -2.17. The molecular formula is C22H16Cl4N6O. The van der Waals surface area contributed by atoms with Crippen LogP contribution in [0.3, 0.4) is 0 Å². The predicted octanol–water partition coefficient (Wildman–Crippen LogP) is 6.20. The summed E-state index contributed by atoms with van der Waals surface area (Å²) in [5.74, 6) is 0.118. The Morgan fingerprint density at radius 3 is 1.97 bits per heavy atom. The molecule has 0 amide bonds. The molecule has 0 aliphatic rings. The van der Waals surface area contributed by atoms with Crippen LogP contribution in [0.25, 0.3) is 0 Å². The summed E-state index contributed by atoms with van der Waals surface area (Å²) in [6, 6.07) is 13.6. The van der Waals surface area contributed by atoms with Gasteiger partial charge < -0.3 is 10.6 Å². The van der Waals surface area contributed by atoms with Crippen LogP contribution in [-0.4, -0.2) is 25.7 Å². The molecule has 0 aliphatic carbocycles. The van der Waals surface area contributed by atoms with Crippen LogP contribution in [0.2, 0.25) is 20.1 Å². The molecule has 2 aromatic heterocycles. The Morgan fingerprint density at radius 2 is 1.39 bits per heavy atom. The molecule has 0 saturated heterocycles. The number of hydrogen-bond donors (Lipinski definition) is 2. The Balaban J connectivity index is 1.58. The van der Waals surface area contributed by atoms with E-state index in [2.05, 4.69) is 25.7 Å². The summed E-state index contributed by atoms with van der Waals surface area (Å²) >= 11 is 24.4. The van der Waals surface area contributed by atoms with Crippen molar-refractivity contribution in [2.75, 3.05) is 10.6 Å². The van der Waals surface area contributed by atoms with E-state index in [4.69, 9.17) is 46.4 Å². The van der Waals surface area contributed by atoms with Gasteiger partial charge in [-0.3, -0.25) is 9.78 Å². The van der Waals surface area contributed by atoms with Gasteiger partial charge in [0.1, 0.15) is 0 Å². The van der Waals surface area contributed by atoms with Crippen LogP contribution in [0.1, 0.15) is 21.5 Å². The van der Waals surface area contributed by atoms with Gasteiger partial charge in [0.2, 0.25) is 11.9 Å². The monoisotopic (exact) mass is 520 g/mol. The average Bonchev–Trinajstić information content (AvgIpc) is 3.21. The third kappa shape index (κ3) is 5.75. The first-order chi connectivity index (χ1) is 15.9. The number of hydrogen-bond acceptors (Lipinski definition) is 6. The van der Waals surface area contributed by atoms with Crippen molar-refractivity contribution in [3.05, 3.63) is 97.7 Å². The molecule has 4 aromatic rings. The first-order valence-corrected chi connectivity index (χ1v) is 11.2. The van der Waals surface area contributed by atoms with E-state index in [1.165, 1.54) is 17.1 Å². The second-order valence-electron chi connectivity index (χ2n) is 6.89. The molecule has 0 radical (unpaired) electrons. The maximum absolute atomic E-state index is 13.1. The zero-order valence-corrected chi connectivity index (χ0v) is 19.9. The molecule has 0 atom stereocenters. The molecule has 7 nitrogen and oxygen atoms in total. The van der Waals surface area contributed by atoms with Crippen molar-refractivity contribution < 1.29 is 4.79 Å². The molecule has 0 aliphatic heterocycles. The summed E-state index contributed by atoms with van der Waals surface area (Å²) in [5.41, 5.74) is 2.00. The van der Waals surface area contributed by atoms with Crippen molar-refractivity contribution in [1.29, 1.82) is 0 Å². The van der Waals surface area contributed by atoms with Crippen LogP contribution in [-0.2, 0) is 13.1 Å². The van der Waals surface area contributed by atoms with Gasteiger partial charge in [-0.1, -0.05) is 58.5 Å². The molecule has 2 aromatic carbocycles. The Bertz CT molecular complexity index is 1300. The lowest BCUT2D eigenvalue weighted by Gasteiger charge is -2.08. The summed E-state index contributed by atoms with van der Waals surface area (Å²) < 4.78 is 1.19. The van der Waals surface area contributed by atoms with E-state index in [-0.39, 0.29) is 17.8 Å². The lowest BCUT2D eigenvalue weighted by atomic mass is 10.2. The number of carbonyl (C=O) groups excluding carboxylic acids is 1. The molecule has 33 heavy (non-hydrogen) atoms. The molecule has 2 heterocycles. The lowest BCUT2D eigenvalue weighted by molar-refractivity contribution is 0.0947. The maximum atomic E-state index is 13.1. The van der Waals surface area contributed by atoms with Gasteiger partial charge in [0.05, 0.1) is 0 Å². The van der Waals surface area contributed by atoms with Gasteiger partial charge in [0.15, 0.2) is 0 Å². The highest BCUT2D eigenvalue weighted by molar-refractivity contribution is 6.35. The first kappa shape index (κ1) is 23.3. The number of nitrogens with zero attached hydrogens (tertiary/aromatic N) is 4. The first-order valence-electron chi connectivity index (χ1n) is 9.68. The zero-order chi connectivity index (χ0) is 23.4. The number of halogens is 4. The quantitative estimate of drug-likeness (QED) is 0.301. The van der Waals surface area contributed by atoms with Crippen LogP contribution in [0.4, 0.5) is 11.9 Å². The van der Waals surface area contributed by atoms with Gasteiger partial charge in [-0.25, -0.2) is 0 Å². The Morgan fingerprint density at radius 1 is 0.818 bits per heavy atom. The predicted molar refractivity (Wildman–Crippen MR) is 132 cm³/mol. The molecule has 0 saturated carbocycles. The molecule has 0 spiro atoms. The second-order valence-corrected chi connectivity index (χ2v) is 8.58. The minimum atomic E-state index is -0.368. The smallest absolute Gasteiger partial charge is 0.281 e. The van der Waals surface area contributed by atoms with Gasteiger partial charge in [-0.2, -0.15) is 9.67 Å². The number of pyridine rings is 1. The van der Waals surface area contributed by atoms with Gasteiger partial charge in [0, 0.05) is 51.1 Å². The van der Waals surface area contributed by atoms with Crippen molar-refractivity contribution in [3.8, 4) is 0 Å². The summed E-state index contributed by atoms with van der Waals surface area (Å²) in [6.45, 7) is 0.646. The standard InChI is InChI=1S/C22H16Cl4N6O/c23-16-3-1-14(18(25)9-16)11-28-21-30-22(29-12-15-2-4-17(24)10-19(15)26)32(31-21)20(33)13-5-7-27-8-6-13/h1-10H,11-12H2,(H2,28,29,30,31). The van der Waals surface area contributed by atoms with Gasteiger partial charge in [-0.05, 0) is 47.5 Å². The Labute approximate surface area is 209 Å². The number of rotatable bonds is 7. The van der Waals surface area contributed by atoms with Crippen LogP contribution in [0.5, 0.6) is 0 Å². The molecule has 11 heteroatoms. The summed E-state index contributed by atoms with van der Waals surface area (Å²) in [6.07, 6.45) is 3.07. The minimum absolute atomic E-state index is 0.243. The number of nitrogens with one attached hydrogen (secondary N) is 2. The fraction of sp³-hybridized carbons (Fsp3) is 0.0909. The van der Waals surface area contributed by atoms with Crippen LogP contribution >= 0.6 is 46.4 Å². The molecule has 0 bridgehead atoms. The number of anilines is 2. The normalized spacial score (nSPS) is 10.8. The van der Waals surface area contributed by atoms with E-state index in [1.54, 1.807) is 48.5 Å². The largest absolute Gasteiger partial charge is 0.350 e. The molecule has 0 fully saturated rings. The Hall–Kier alpha value is -2.84. The zero-order valence-electron chi connectivity index (χ0n) is 16.9. The molecule has 2 N–H and O–H groups in total. The van der Waals surface area contributed by atoms with E-state index in [1.807, 2.05) is 0 Å². The summed E-state index contributed by atoms with van der Waals surface area (Å²) in [5, 5.41) is 12.6. The second kappa shape index (κ2) is 10.4. The van der Waals surface area contributed by atoms with Gasteiger partial charge in [0.25, 0.3) is 5.91 Å². The van der Waals surface area contributed by atoms with Gasteiger partial charge in [-0.15, -0.1) is 5.10 Å². The highest BCUT2D eigenvalue weighted by atomic mass is 35.5. The highest BCUT2D eigenvalue weighted by Crippen LogP contribution is 2.24. The van der Waals surface area contributed by atoms with Crippen molar-refractivity contribution in [2.24, 2.45) is 0 Å². The number of carbonyl (C=O) groups is 1. The highest BCUT2D eigenvalue weighted by Gasteiger charge is 2.18. The SMILES string of the molecule is O=C(c1ccncc1)n1nc(NCc2ccc(Cl)cc2Cl)nc1NCc1ccc(Cl)cc1Cl. The van der Waals surface area contributed by atoms with E-state index in [0.29, 0.717) is 38.7 Å². The van der Waals surface area contributed by atoms with E-state index in [0.717, 1.165) is 11.1 Å². The van der Waals surface area contributed by atoms with Crippen LogP contribution < -0.4 is 10.6 Å². The topological polar surface area (TPSA) is 84.7 Å². The number of benzene rings is 2. The molecule has 168 valence electrons. The average molecular weight is 522 g/mol. The summed E-state index contributed by atoms with van der Waals surface area (Å²) in [4.78, 5) is 21.4. The molecule has 4 rings (SSSR count). The minimum Gasteiger partial charge on any atom is -0.350 e. The molecular weight excluding hydrogens is 506 g/mol. The van der Waals surface area contributed by atoms with Crippen molar-refractivity contribution >= 4 is 64.2 Å². The van der Waals surface area contributed by atoms with Crippen molar-refractivity contribution in [1.82, 2.24) is 19.7 Å². The third-order valence-corrected chi connectivity index (χ3v) is 5.80. The van der Waals surface area contributed by atoms with Gasteiger partial charge >= 0.3 is 0 Å². The van der Waals surface area contributed by atoms with Crippen molar-refractivity contribution in [2.45, 2.75) is 13.1 Å². The fourth-order valence-corrected chi connectivity index (χ4v) is 3.89. The summed E-state index contributed by atoms with van der Waals surface area (Å²) in [7, 11) is 0. The third-order valence-electron chi connectivity index (χ3n) is 4.63. The Kier molecular flexibility index (Phi) is 7.35. The fourth-order valence-electron chi connectivity index (χ4n) is 2.94. The molecule has 0 unspecified atom stereocenters. The van der Waals surface area contributed by atoms with Crippen LogP contribution in [0, 0.1) is 0 Å². The van der Waals surface area contributed by atoms with E-state index < -0.39 is 0 Å². The van der Waals surface area contributed by atoms with E-state index >= 15 is 0 Å². The van der Waals surface area contributed by atoms with Crippen molar-refractivity contribution in [3.63, 3.8) is 0 Å².